The summed E-state index contributed by atoms with van der Waals surface area (Å²) in [7, 11) is 1.60. The molecule has 0 bridgehead atoms. The van der Waals surface area contributed by atoms with Crippen LogP contribution in [0.4, 0.5) is 16.2 Å². The van der Waals surface area contributed by atoms with Gasteiger partial charge in [0, 0.05) is 25.0 Å². The van der Waals surface area contributed by atoms with E-state index in [-0.39, 0.29) is 6.03 Å². The van der Waals surface area contributed by atoms with Crippen molar-refractivity contribution in [3.8, 4) is 0 Å². The number of anilines is 2. The number of benzene rings is 1. The van der Waals surface area contributed by atoms with Gasteiger partial charge in [0.2, 0.25) is 0 Å². The van der Waals surface area contributed by atoms with Crippen molar-refractivity contribution in [3.05, 3.63) is 36.4 Å². The molecule has 1 atom stereocenters. The maximum absolute atomic E-state index is 11.2. The number of allylic oxidation sites excluding steroid dienone is 2. The molecule has 1 unspecified atom stereocenters. The Morgan fingerprint density at radius 2 is 1.95 bits per heavy atom. The number of amides is 2. The highest BCUT2D eigenvalue weighted by molar-refractivity contribution is 5.89. The van der Waals surface area contributed by atoms with Crippen molar-refractivity contribution >= 4 is 17.4 Å². The predicted molar refractivity (Wildman–Crippen MR) is 79.5 cm³/mol. The Morgan fingerprint density at radius 1 is 1.21 bits per heavy atom. The van der Waals surface area contributed by atoms with E-state index in [9.17, 15) is 4.79 Å². The first kappa shape index (κ1) is 13.5. The lowest BCUT2D eigenvalue weighted by atomic mass is 9.94. The lowest BCUT2D eigenvalue weighted by molar-refractivity contribution is 0.254. The van der Waals surface area contributed by atoms with Gasteiger partial charge in [0.15, 0.2) is 0 Å². The first-order valence-corrected chi connectivity index (χ1v) is 6.75. The number of carbonyl (C=O) groups excluding carboxylic acids is 1. The highest BCUT2D eigenvalue weighted by Crippen LogP contribution is 2.19. The van der Waals surface area contributed by atoms with Crippen LogP contribution in [0.1, 0.15) is 19.3 Å². The van der Waals surface area contributed by atoms with Crippen LogP contribution in [0.2, 0.25) is 0 Å². The Morgan fingerprint density at radius 3 is 2.58 bits per heavy atom. The fourth-order valence-corrected chi connectivity index (χ4v) is 2.17. The Hall–Kier alpha value is -1.97. The van der Waals surface area contributed by atoms with Crippen LogP contribution in [-0.4, -0.2) is 19.6 Å². The van der Waals surface area contributed by atoms with E-state index in [4.69, 9.17) is 0 Å². The van der Waals surface area contributed by atoms with Crippen molar-refractivity contribution in [1.82, 2.24) is 5.32 Å². The van der Waals surface area contributed by atoms with Gasteiger partial charge in [0.05, 0.1) is 0 Å². The van der Waals surface area contributed by atoms with Gasteiger partial charge in [-0.05, 0) is 49.4 Å². The van der Waals surface area contributed by atoms with Crippen molar-refractivity contribution in [2.24, 2.45) is 5.92 Å². The van der Waals surface area contributed by atoms with Gasteiger partial charge < -0.3 is 16.0 Å². The summed E-state index contributed by atoms with van der Waals surface area (Å²) in [5.74, 6) is 0.730. The number of rotatable bonds is 4. The van der Waals surface area contributed by atoms with E-state index < -0.39 is 0 Å². The molecule has 4 heteroatoms. The quantitative estimate of drug-likeness (QED) is 0.727. The van der Waals surface area contributed by atoms with Gasteiger partial charge in [-0.25, -0.2) is 4.79 Å². The Labute approximate surface area is 114 Å². The third-order valence-electron chi connectivity index (χ3n) is 3.34. The molecule has 0 heterocycles. The fourth-order valence-electron chi connectivity index (χ4n) is 2.17. The summed E-state index contributed by atoms with van der Waals surface area (Å²) < 4.78 is 0. The number of hydrogen-bond acceptors (Lipinski definition) is 2. The van der Waals surface area contributed by atoms with Gasteiger partial charge in [-0.2, -0.15) is 0 Å². The molecule has 1 aliphatic carbocycles. The minimum absolute atomic E-state index is 0.199. The van der Waals surface area contributed by atoms with Gasteiger partial charge in [-0.1, -0.05) is 12.2 Å². The SMILES string of the molecule is CNC(=O)Nc1ccc(NCC2CC=CCC2)cc1. The number of carbonyl (C=O) groups is 1. The van der Waals surface area contributed by atoms with E-state index in [1.165, 1.54) is 19.3 Å². The smallest absolute Gasteiger partial charge is 0.318 e. The van der Waals surface area contributed by atoms with E-state index in [0.717, 1.165) is 23.8 Å². The molecule has 1 aliphatic rings. The third-order valence-corrected chi connectivity index (χ3v) is 3.34. The molecule has 0 radical (unpaired) electrons. The summed E-state index contributed by atoms with van der Waals surface area (Å²) in [6.07, 6.45) is 8.16. The highest BCUT2D eigenvalue weighted by atomic mass is 16.2. The summed E-state index contributed by atoms with van der Waals surface area (Å²) in [6.45, 7) is 1.01. The van der Waals surface area contributed by atoms with Crippen molar-refractivity contribution in [2.75, 3.05) is 24.2 Å². The van der Waals surface area contributed by atoms with Crippen molar-refractivity contribution in [2.45, 2.75) is 19.3 Å². The third kappa shape index (κ3) is 4.32. The van der Waals surface area contributed by atoms with E-state index in [1.54, 1.807) is 7.05 Å². The zero-order valence-corrected chi connectivity index (χ0v) is 11.3. The minimum atomic E-state index is -0.199. The van der Waals surface area contributed by atoms with Crippen LogP contribution in [0.3, 0.4) is 0 Å². The van der Waals surface area contributed by atoms with Crippen LogP contribution in [0.15, 0.2) is 36.4 Å². The van der Waals surface area contributed by atoms with Gasteiger partial charge in [-0.3, -0.25) is 0 Å². The second-order valence-electron chi connectivity index (χ2n) is 4.81. The Balaban J connectivity index is 1.81. The van der Waals surface area contributed by atoms with Crippen LogP contribution in [0.5, 0.6) is 0 Å². The molecule has 2 rings (SSSR count). The summed E-state index contributed by atoms with van der Waals surface area (Å²) in [5.41, 5.74) is 1.89. The van der Waals surface area contributed by atoms with Crippen LogP contribution in [0.25, 0.3) is 0 Å². The van der Waals surface area contributed by atoms with Crippen molar-refractivity contribution < 1.29 is 4.79 Å². The van der Waals surface area contributed by atoms with Crippen molar-refractivity contribution in [3.63, 3.8) is 0 Å². The molecule has 102 valence electrons. The first-order valence-electron chi connectivity index (χ1n) is 6.75. The Bertz CT molecular complexity index is 439. The predicted octanol–water partition coefficient (Wildman–Crippen LogP) is 3.21. The molecule has 0 spiro atoms. The number of nitrogens with one attached hydrogen (secondary N) is 3. The largest absolute Gasteiger partial charge is 0.385 e. The second kappa shape index (κ2) is 6.83. The van der Waals surface area contributed by atoms with Gasteiger partial charge in [0.25, 0.3) is 0 Å². The second-order valence-corrected chi connectivity index (χ2v) is 4.81. The molecule has 0 aromatic heterocycles. The molecule has 0 saturated carbocycles. The molecule has 3 N–H and O–H groups in total. The lowest BCUT2D eigenvalue weighted by Crippen LogP contribution is -2.24. The molecular weight excluding hydrogens is 238 g/mol. The molecule has 2 amide bonds. The average molecular weight is 259 g/mol. The normalized spacial score (nSPS) is 17.8. The number of hydrogen-bond donors (Lipinski definition) is 3. The zero-order chi connectivity index (χ0) is 13.5. The van der Waals surface area contributed by atoms with E-state index in [0.29, 0.717) is 0 Å². The van der Waals surface area contributed by atoms with Crippen LogP contribution >= 0.6 is 0 Å². The summed E-state index contributed by atoms with van der Waals surface area (Å²) in [5, 5.41) is 8.71. The van der Waals surface area contributed by atoms with E-state index in [1.807, 2.05) is 24.3 Å². The summed E-state index contributed by atoms with van der Waals surface area (Å²) in [4.78, 5) is 11.2. The zero-order valence-electron chi connectivity index (χ0n) is 11.3. The van der Waals surface area contributed by atoms with Crippen LogP contribution in [-0.2, 0) is 0 Å². The topological polar surface area (TPSA) is 53.2 Å². The maximum Gasteiger partial charge on any atom is 0.318 e. The first-order chi connectivity index (χ1) is 9.28. The Kier molecular flexibility index (Phi) is 4.84. The van der Waals surface area contributed by atoms with E-state index >= 15 is 0 Å². The summed E-state index contributed by atoms with van der Waals surface area (Å²) >= 11 is 0. The molecule has 1 aromatic carbocycles. The van der Waals surface area contributed by atoms with Crippen LogP contribution < -0.4 is 16.0 Å². The molecular formula is C15H21N3O. The molecule has 4 nitrogen and oxygen atoms in total. The average Bonchev–Trinajstić information content (AvgIpc) is 2.47. The van der Waals surface area contributed by atoms with Gasteiger partial charge in [-0.15, -0.1) is 0 Å². The van der Waals surface area contributed by atoms with Gasteiger partial charge in [0.1, 0.15) is 0 Å². The lowest BCUT2D eigenvalue weighted by Gasteiger charge is -2.18. The monoisotopic (exact) mass is 259 g/mol. The van der Waals surface area contributed by atoms with Crippen LogP contribution in [0, 0.1) is 5.92 Å². The standard InChI is InChI=1S/C15H21N3O/c1-16-15(19)18-14-9-7-13(8-10-14)17-11-12-5-3-2-4-6-12/h2-3,7-10,12,17H,4-6,11H2,1H3,(H2,16,18,19). The molecule has 0 saturated heterocycles. The fraction of sp³-hybridized carbons (Fsp3) is 0.400. The number of urea groups is 1. The minimum Gasteiger partial charge on any atom is -0.385 e. The van der Waals surface area contributed by atoms with Crippen molar-refractivity contribution in [1.29, 1.82) is 0 Å². The summed E-state index contributed by atoms with van der Waals surface area (Å²) in [6, 6.07) is 7.58. The van der Waals surface area contributed by atoms with E-state index in [2.05, 4.69) is 28.1 Å². The molecule has 0 fully saturated rings. The molecule has 0 aliphatic heterocycles. The maximum atomic E-state index is 11.2. The molecule has 1 aromatic rings. The van der Waals surface area contributed by atoms with Gasteiger partial charge >= 0.3 is 6.03 Å². The molecule has 19 heavy (non-hydrogen) atoms. The highest BCUT2D eigenvalue weighted by Gasteiger charge is 2.09.